The van der Waals surface area contributed by atoms with Gasteiger partial charge in [-0.15, -0.1) is 0 Å². The highest BCUT2D eigenvalue weighted by atomic mass is 35.5. The fraction of sp³-hybridized carbons (Fsp3) is 0.214. The molecule has 1 heterocycles. The largest absolute Gasteiger partial charge is 0.424 e. The maximum absolute atomic E-state index is 13.2. The number of benzene rings is 3. The van der Waals surface area contributed by atoms with Crippen LogP contribution < -0.4 is 15.1 Å². The third kappa shape index (κ3) is 6.28. The predicted octanol–water partition coefficient (Wildman–Crippen LogP) is 5.72. The lowest BCUT2D eigenvalue weighted by Crippen LogP contribution is -2.43. The molecule has 0 saturated carbocycles. The van der Waals surface area contributed by atoms with E-state index >= 15 is 0 Å². The van der Waals surface area contributed by atoms with Crippen LogP contribution in [-0.2, 0) is 14.8 Å². The average molecular weight is 540 g/mol. The van der Waals surface area contributed by atoms with Gasteiger partial charge in [0.05, 0.1) is 9.92 Å². The van der Waals surface area contributed by atoms with Crippen LogP contribution in [-0.4, -0.2) is 20.4 Å². The Balaban J connectivity index is 1.66. The lowest BCUT2D eigenvalue weighted by molar-refractivity contribution is -0.136. The second kappa shape index (κ2) is 10.9. The molecule has 0 unspecified atom stereocenters. The van der Waals surface area contributed by atoms with Crippen LogP contribution in [0.25, 0.3) is 22.1 Å². The summed E-state index contributed by atoms with van der Waals surface area (Å²) < 4.78 is 39.3. The Kier molecular flexibility index (Phi) is 7.82. The second-order valence-electron chi connectivity index (χ2n) is 9.16. The van der Waals surface area contributed by atoms with Gasteiger partial charge in [0.15, 0.2) is 5.75 Å². The smallest absolute Gasteiger partial charge is 0.336 e. The SMILES string of the molecule is Cc1ccc(S(=O)(=O)N[C@@H](CC(C)C)C(=O)Oc2cc3oc(=O)cc(-c4ccccc4)c3cc2Cl)cc1. The van der Waals surface area contributed by atoms with Crippen molar-refractivity contribution in [2.45, 2.75) is 38.1 Å². The summed E-state index contributed by atoms with van der Waals surface area (Å²) in [7, 11) is -3.99. The summed E-state index contributed by atoms with van der Waals surface area (Å²) in [5.74, 6) is -0.889. The topological polar surface area (TPSA) is 103 Å². The molecule has 7 nitrogen and oxygen atoms in total. The van der Waals surface area contributed by atoms with Gasteiger partial charge in [0.2, 0.25) is 10.0 Å². The quantitative estimate of drug-likeness (QED) is 0.174. The lowest BCUT2D eigenvalue weighted by atomic mass is 10.0. The van der Waals surface area contributed by atoms with E-state index in [1.165, 1.54) is 24.3 Å². The number of aryl methyl sites for hydroxylation is 1. The predicted molar refractivity (Wildman–Crippen MR) is 143 cm³/mol. The molecule has 3 aromatic carbocycles. The third-order valence-electron chi connectivity index (χ3n) is 5.71. The van der Waals surface area contributed by atoms with Gasteiger partial charge in [0.25, 0.3) is 0 Å². The van der Waals surface area contributed by atoms with E-state index in [-0.39, 0.29) is 33.6 Å². The highest BCUT2D eigenvalue weighted by Gasteiger charge is 2.29. The van der Waals surface area contributed by atoms with Gasteiger partial charge in [-0.2, -0.15) is 4.72 Å². The summed E-state index contributed by atoms with van der Waals surface area (Å²) in [6.07, 6.45) is 0.197. The summed E-state index contributed by atoms with van der Waals surface area (Å²) in [6.45, 7) is 5.58. The number of hydrogen-bond donors (Lipinski definition) is 1. The molecule has 9 heteroatoms. The van der Waals surface area contributed by atoms with E-state index in [1.54, 1.807) is 18.2 Å². The molecule has 4 rings (SSSR count). The third-order valence-corrected chi connectivity index (χ3v) is 7.50. The van der Waals surface area contributed by atoms with Gasteiger partial charge in [-0.3, -0.25) is 0 Å². The van der Waals surface area contributed by atoms with Gasteiger partial charge in [0, 0.05) is 17.5 Å². The molecule has 37 heavy (non-hydrogen) atoms. The molecule has 0 saturated heterocycles. The molecule has 0 aliphatic heterocycles. The van der Waals surface area contributed by atoms with Crippen LogP contribution in [0.1, 0.15) is 25.8 Å². The van der Waals surface area contributed by atoms with E-state index in [9.17, 15) is 18.0 Å². The van der Waals surface area contributed by atoms with Crippen molar-refractivity contribution in [3.05, 3.63) is 93.8 Å². The standard InChI is InChI=1S/C28H26ClNO6S/c1-17(2)13-24(30-37(33,34)20-11-9-18(3)10-12-20)28(32)36-26-16-25-22(14-23(26)29)21(15-27(31)35-25)19-7-5-4-6-8-19/h4-12,14-17,24,30H,13H2,1-3H3/t24-/m0/s1. The van der Waals surface area contributed by atoms with Gasteiger partial charge in [-0.25, -0.2) is 18.0 Å². The normalized spacial score (nSPS) is 12.6. The molecule has 0 spiro atoms. The number of halogens is 1. The molecule has 192 valence electrons. The Morgan fingerprint density at radius 3 is 2.35 bits per heavy atom. The van der Waals surface area contributed by atoms with Crippen molar-refractivity contribution in [3.63, 3.8) is 0 Å². The van der Waals surface area contributed by atoms with E-state index in [1.807, 2.05) is 51.1 Å². The number of ether oxygens (including phenoxy) is 1. The maximum Gasteiger partial charge on any atom is 0.336 e. The first-order chi connectivity index (χ1) is 17.5. The van der Waals surface area contributed by atoms with Gasteiger partial charge in [-0.1, -0.05) is 73.5 Å². The van der Waals surface area contributed by atoms with Crippen molar-refractivity contribution >= 4 is 38.6 Å². The molecule has 0 amide bonds. The molecule has 0 radical (unpaired) electrons. The monoisotopic (exact) mass is 539 g/mol. The molecule has 0 aliphatic carbocycles. The maximum atomic E-state index is 13.2. The minimum atomic E-state index is -3.99. The lowest BCUT2D eigenvalue weighted by Gasteiger charge is -2.20. The average Bonchev–Trinajstić information content (AvgIpc) is 2.84. The van der Waals surface area contributed by atoms with Crippen molar-refractivity contribution in [1.29, 1.82) is 0 Å². The molecular formula is C28H26ClNO6S. The van der Waals surface area contributed by atoms with Gasteiger partial charge >= 0.3 is 11.6 Å². The zero-order valence-corrected chi connectivity index (χ0v) is 22.1. The summed E-state index contributed by atoms with van der Waals surface area (Å²) in [4.78, 5) is 25.4. The minimum absolute atomic E-state index is 0.0169. The number of nitrogens with one attached hydrogen (secondary N) is 1. The zero-order valence-electron chi connectivity index (χ0n) is 20.5. The van der Waals surface area contributed by atoms with Gasteiger partial charge in [-0.05, 0) is 48.6 Å². The fourth-order valence-corrected chi connectivity index (χ4v) is 5.31. The highest BCUT2D eigenvalue weighted by molar-refractivity contribution is 7.89. The number of rotatable bonds is 8. The Morgan fingerprint density at radius 2 is 1.70 bits per heavy atom. The molecule has 1 N–H and O–H groups in total. The Bertz CT molecular complexity index is 1600. The van der Waals surface area contributed by atoms with Gasteiger partial charge < -0.3 is 9.15 Å². The zero-order chi connectivity index (χ0) is 26.7. The van der Waals surface area contributed by atoms with Crippen LogP contribution in [0.2, 0.25) is 5.02 Å². The van der Waals surface area contributed by atoms with Gasteiger partial charge in [0.1, 0.15) is 11.6 Å². The van der Waals surface area contributed by atoms with E-state index in [4.69, 9.17) is 20.8 Å². The molecular weight excluding hydrogens is 514 g/mol. The summed E-state index contributed by atoms with van der Waals surface area (Å²) in [5, 5.41) is 0.672. The highest BCUT2D eigenvalue weighted by Crippen LogP contribution is 2.35. The number of carbonyl (C=O) groups is 1. The van der Waals surface area contributed by atoms with Crippen molar-refractivity contribution in [3.8, 4) is 16.9 Å². The second-order valence-corrected chi connectivity index (χ2v) is 11.3. The van der Waals surface area contributed by atoms with E-state index < -0.39 is 27.7 Å². The van der Waals surface area contributed by atoms with Crippen LogP contribution in [0.4, 0.5) is 0 Å². The van der Waals surface area contributed by atoms with Crippen LogP contribution >= 0.6 is 11.6 Å². The molecule has 4 aromatic rings. The number of sulfonamides is 1. The van der Waals surface area contributed by atoms with Crippen molar-refractivity contribution in [2.75, 3.05) is 0 Å². The van der Waals surface area contributed by atoms with E-state index in [0.29, 0.717) is 10.9 Å². The first-order valence-electron chi connectivity index (χ1n) is 11.7. The first kappa shape index (κ1) is 26.6. The van der Waals surface area contributed by atoms with Crippen molar-refractivity contribution in [2.24, 2.45) is 5.92 Å². The number of hydrogen-bond acceptors (Lipinski definition) is 6. The number of fused-ring (bicyclic) bond motifs is 1. The summed E-state index contributed by atoms with van der Waals surface area (Å²) in [6, 6.07) is 18.7. The number of carbonyl (C=O) groups excluding carboxylic acids is 1. The molecule has 1 aromatic heterocycles. The summed E-state index contributed by atoms with van der Waals surface area (Å²) >= 11 is 6.47. The van der Waals surface area contributed by atoms with Crippen molar-refractivity contribution < 1.29 is 22.4 Å². The Morgan fingerprint density at radius 1 is 1.03 bits per heavy atom. The van der Waals surface area contributed by atoms with E-state index in [0.717, 1.165) is 11.1 Å². The Hall–Kier alpha value is -3.46. The molecule has 0 fully saturated rings. The minimum Gasteiger partial charge on any atom is -0.424 e. The van der Waals surface area contributed by atoms with Crippen LogP contribution in [0.3, 0.4) is 0 Å². The van der Waals surface area contributed by atoms with Crippen LogP contribution in [0.5, 0.6) is 5.75 Å². The molecule has 0 bridgehead atoms. The molecule has 0 aliphatic rings. The molecule has 1 atom stereocenters. The van der Waals surface area contributed by atoms with Crippen LogP contribution in [0.15, 0.2) is 86.9 Å². The Labute approximate surface area is 220 Å². The number of esters is 1. The van der Waals surface area contributed by atoms with Crippen molar-refractivity contribution in [1.82, 2.24) is 4.72 Å². The summed E-state index contributed by atoms with van der Waals surface area (Å²) in [5.41, 5.74) is 1.93. The van der Waals surface area contributed by atoms with E-state index in [2.05, 4.69) is 4.72 Å². The fourth-order valence-electron chi connectivity index (χ4n) is 3.91. The first-order valence-corrected chi connectivity index (χ1v) is 13.5. The van der Waals surface area contributed by atoms with Crippen LogP contribution in [0, 0.1) is 12.8 Å².